The second-order valence-corrected chi connectivity index (χ2v) is 10.5. The molecule has 8 nitrogen and oxygen atoms in total. The number of hydrogen-bond acceptors (Lipinski definition) is 4. The maximum atomic E-state index is 12.0. The van der Waals surface area contributed by atoms with Crippen LogP contribution < -0.4 is 0 Å². The fourth-order valence-electron chi connectivity index (χ4n) is 3.87. The highest BCUT2D eigenvalue weighted by Gasteiger charge is 2.67. The summed E-state index contributed by atoms with van der Waals surface area (Å²) in [6.07, 6.45) is 0. The van der Waals surface area contributed by atoms with Gasteiger partial charge in [-0.1, -0.05) is 27.7 Å². The molecule has 0 fully saturated rings. The second kappa shape index (κ2) is 11.3. The molecule has 0 aromatic heterocycles. The molecule has 4 N–H and O–H groups in total. The Morgan fingerprint density at radius 1 is 0.643 bits per heavy atom. The van der Waals surface area contributed by atoms with E-state index in [4.69, 9.17) is 55.5 Å². The monoisotopic (exact) mass is 526 g/mol. The second-order valence-electron chi connectivity index (χ2n) is 6.97. The van der Waals surface area contributed by atoms with Gasteiger partial charge < -0.3 is 19.6 Å². The first-order chi connectivity index (χ1) is 12.6. The summed E-state index contributed by atoms with van der Waals surface area (Å²) in [5.41, 5.74) is -4.08. The molecule has 0 heterocycles. The molecule has 0 radical (unpaired) electrons. The van der Waals surface area contributed by atoms with E-state index in [0.717, 1.165) is 0 Å². The fraction of sp³-hybridized carbons (Fsp3) is 1.00. The molecule has 0 aliphatic carbocycles. The number of phosphoric ester groups is 2. The van der Waals surface area contributed by atoms with Crippen LogP contribution in [-0.2, 0) is 18.2 Å². The van der Waals surface area contributed by atoms with Crippen LogP contribution in [0, 0.1) is 23.7 Å². The van der Waals surface area contributed by atoms with Crippen molar-refractivity contribution in [1.82, 2.24) is 0 Å². The van der Waals surface area contributed by atoms with Crippen LogP contribution >= 0.6 is 62.0 Å². The minimum Gasteiger partial charge on any atom is -0.303 e. The van der Waals surface area contributed by atoms with Crippen molar-refractivity contribution in [2.75, 3.05) is 23.5 Å². The zero-order valence-electron chi connectivity index (χ0n) is 16.0. The molecule has 14 heteroatoms. The van der Waals surface area contributed by atoms with Crippen molar-refractivity contribution in [2.45, 2.75) is 38.9 Å². The molecule has 170 valence electrons. The Bertz CT molecular complexity index is 514. The van der Waals surface area contributed by atoms with Crippen molar-refractivity contribution in [3.63, 3.8) is 0 Å². The van der Waals surface area contributed by atoms with Crippen LogP contribution in [-0.4, -0.2) is 54.3 Å². The van der Waals surface area contributed by atoms with Gasteiger partial charge in [-0.25, -0.2) is 9.13 Å². The largest absolute Gasteiger partial charge is 0.470 e. The normalized spacial score (nSPS) is 22.0. The fourth-order valence-corrected chi connectivity index (χ4v) is 6.58. The van der Waals surface area contributed by atoms with Gasteiger partial charge in [-0.15, -0.1) is 46.4 Å². The maximum Gasteiger partial charge on any atom is 0.470 e. The van der Waals surface area contributed by atoms with Gasteiger partial charge in [0.2, 0.25) is 0 Å². The SMILES string of the molecule is CC(CCl)C(OP(=O)(O)O)(C(C)CCl)C(OP(=O)(O)O)(C(C)CCl)C(C)CCl. The quantitative estimate of drug-likeness (QED) is 0.207. The molecule has 0 spiro atoms. The van der Waals surface area contributed by atoms with Crippen molar-refractivity contribution in [3.8, 4) is 0 Å². The highest BCUT2D eigenvalue weighted by Crippen LogP contribution is 2.62. The molecule has 0 aliphatic rings. The van der Waals surface area contributed by atoms with E-state index in [1.165, 1.54) is 27.7 Å². The molecular formula is C14H28Cl4O8P2. The van der Waals surface area contributed by atoms with Gasteiger partial charge in [-0.2, -0.15) is 0 Å². The Kier molecular flexibility index (Phi) is 11.9. The van der Waals surface area contributed by atoms with E-state index in [1.807, 2.05) is 0 Å². The standard InChI is InChI=1S/C14H28Cl4O8P2/c1-9(5-15)13(10(2)6-16,25-27(19,20)21)14(11(3)7-17,12(4)8-18)26-28(22,23)24/h9-12H,5-8H2,1-4H3,(H2,19,20,21)(H2,22,23,24). The Balaban J connectivity index is 7.41. The van der Waals surface area contributed by atoms with Gasteiger partial charge in [0.1, 0.15) is 11.2 Å². The van der Waals surface area contributed by atoms with Crippen molar-refractivity contribution in [3.05, 3.63) is 0 Å². The lowest BCUT2D eigenvalue weighted by atomic mass is 9.59. The third-order valence-electron chi connectivity index (χ3n) is 5.00. The van der Waals surface area contributed by atoms with Crippen LogP contribution in [0.25, 0.3) is 0 Å². The van der Waals surface area contributed by atoms with Gasteiger partial charge in [0.05, 0.1) is 0 Å². The van der Waals surface area contributed by atoms with Crippen molar-refractivity contribution in [1.29, 1.82) is 0 Å². The van der Waals surface area contributed by atoms with Gasteiger partial charge >= 0.3 is 15.6 Å². The van der Waals surface area contributed by atoms with Crippen LogP contribution in [0.1, 0.15) is 27.7 Å². The van der Waals surface area contributed by atoms with E-state index in [-0.39, 0.29) is 23.5 Å². The molecule has 4 unspecified atom stereocenters. The van der Waals surface area contributed by atoms with Gasteiger partial charge in [-0.05, 0) is 0 Å². The third kappa shape index (κ3) is 6.44. The zero-order chi connectivity index (χ0) is 22.6. The first-order valence-electron chi connectivity index (χ1n) is 8.35. The summed E-state index contributed by atoms with van der Waals surface area (Å²) in [5.74, 6) is -4.24. The Hall–Kier alpha value is 1.38. The average molecular weight is 528 g/mol. The smallest absolute Gasteiger partial charge is 0.303 e. The van der Waals surface area contributed by atoms with Gasteiger partial charge in [-0.3, -0.25) is 9.05 Å². The van der Waals surface area contributed by atoms with Crippen LogP contribution in [0.3, 0.4) is 0 Å². The molecule has 0 saturated carbocycles. The number of hydrogen-bond donors (Lipinski definition) is 4. The van der Waals surface area contributed by atoms with Crippen LogP contribution in [0.2, 0.25) is 0 Å². The molecule has 0 rings (SSSR count). The summed E-state index contributed by atoms with van der Waals surface area (Å²) < 4.78 is 34.6. The number of phosphoric acid groups is 2. The van der Waals surface area contributed by atoms with Gasteiger partial charge in [0.25, 0.3) is 0 Å². The van der Waals surface area contributed by atoms with E-state index in [0.29, 0.717) is 0 Å². The van der Waals surface area contributed by atoms with Crippen molar-refractivity contribution in [2.24, 2.45) is 23.7 Å². The Morgan fingerprint density at radius 2 is 0.821 bits per heavy atom. The van der Waals surface area contributed by atoms with E-state index in [1.54, 1.807) is 0 Å². The van der Waals surface area contributed by atoms with Crippen LogP contribution in [0.4, 0.5) is 0 Å². The first-order valence-corrected chi connectivity index (χ1v) is 13.6. The molecule has 0 bridgehead atoms. The molecular weight excluding hydrogens is 500 g/mol. The molecule has 4 atom stereocenters. The minimum atomic E-state index is -5.22. The Morgan fingerprint density at radius 3 is 0.929 bits per heavy atom. The van der Waals surface area contributed by atoms with Crippen LogP contribution in [0.15, 0.2) is 0 Å². The molecule has 28 heavy (non-hydrogen) atoms. The van der Waals surface area contributed by atoms with E-state index in [2.05, 4.69) is 0 Å². The summed E-state index contributed by atoms with van der Waals surface area (Å²) in [6.45, 7) is 6.08. The minimum absolute atomic E-state index is 0.183. The summed E-state index contributed by atoms with van der Waals surface area (Å²) in [5, 5.41) is 0. The zero-order valence-corrected chi connectivity index (χ0v) is 20.8. The highest BCUT2D eigenvalue weighted by molar-refractivity contribution is 7.46. The summed E-state index contributed by atoms with van der Waals surface area (Å²) >= 11 is 24.2. The molecule has 0 amide bonds. The predicted molar refractivity (Wildman–Crippen MR) is 111 cm³/mol. The predicted octanol–water partition coefficient (Wildman–Crippen LogP) is 4.18. The lowest BCUT2D eigenvalue weighted by Crippen LogP contribution is -2.70. The third-order valence-corrected chi connectivity index (χ3v) is 7.94. The molecule has 0 saturated heterocycles. The van der Waals surface area contributed by atoms with Gasteiger partial charge in [0.15, 0.2) is 0 Å². The maximum absolute atomic E-state index is 12.0. The molecule has 0 aliphatic heterocycles. The lowest BCUT2D eigenvalue weighted by molar-refractivity contribution is -0.219. The molecule has 0 aromatic rings. The lowest BCUT2D eigenvalue weighted by Gasteiger charge is -2.58. The highest BCUT2D eigenvalue weighted by atomic mass is 35.5. The topological polar surface area (TPSA) is 134 Å². The van der Waals surface area contributed by atoms with Crippen molar-refractivity contribution >= 4 is 62.0 Å². The Labute approximate surface area is 185 Å². The number of rotatable bonds is 13. The number of halogens is 4. The summed E-state index contributed by atoms with van der Waals surface area (Å²) in [6, 6.07) is 0. The first kappa shape index (κ1) is 29.4. The van der Waals surface area contributed by atoms with E-state index >= 15 is 0 Å². The van der Waals surface area contributed by atoms with Crippen molar-refractivity contribution < 1.29 is 37.8 Å². The average Bonchev–Trinajstić information content (AvgIpc) is 2.59. The number of alkyl halides is 4. The molecule has 0 aromatic carbocycles. The van der Waals surface area contributed by atoms with Crippen LogP contribution in [0.5, 0.6) is 0 Å². The summed E-state index contributed by atoms with van der Waals surface area (Å²) in [7, 11) is -10.4. The van der Waals surface area contributed by atoms with E-state index < -0.39 is 50.5 Å². The van der Waals surface area contributed by atoms with E-state index in [9.17, 15) is 28.7 Å². The van der Waals surface area contributed by atoms with Gasteiger partial charge in [0, 0.05) is 47.2 Å². The summed E-state index contributed by atoms with van der Waals surface area (Å²) in [4.78, 5) is 38.8.